The van der Waals surface area contributed by atoms with Crippen molar-refractivity contribution in [2.45, 2.75) is 24.9 Å². The van der Waals surface area contributed by atoms with Crippen molar-refractivity contribution in [2.24, 2.45) is 5.73 Å². The highest BCUT2D eigenvalue weighted by atomic mass is 16.5. The molecule has 0 radical (unpaired) electrons. The summed E-state index contributed by atoms with van der Waals surface area (Å²) in [5, 5.41) is 9.21. The molecule has 1 aromatic carbocycles. The highest BCUT2D eigenvalue weighted by Gasteiger charge is 2.41. The smallest absolute Gasteiger partial charge is 0.335 e. The highest BCUT2D eigenvalue weighted by molar-refractivity contribution is 5.90. The maximum absolute atomic E-state index is 12.6. The summed E-state index contributed by atoms with van der Waals surface area (Å²) in [6, 6.07) is 5.19. The first-order valence-corrected chi connectivity index (χ1v) is 7.01. The van der Waals surface area contributed by atoms with E-state index in [9.17, 15) is 14.7 Å². The Balaban J connectivity index is 1.83. The topological polar surface area (TPSA) is 92.9 Å². The summed E-state index contributed by atoms with van der Waals surface area (Å²) >= 11 is 0. The SMILES string of the molecule is NC1(C(=O)N2CCc3c(cccc3C(=O)O)C2)CCOC1. The molecule has 112 valence electrons. The molecule has 3 rings (SSSR count). The molecule has 1 unspecified atom stereocenters. The maximum Gasteiger partial charge on any atom is 0.335 e. The first-order chi connectivity index (χ1) is 10.0. The molecule has 1 amide bonds. The van der Waals surface area contributed by atoms with Crippen LogP contribution in [0.2, 0.25) is 0 Å². The number of fused-ring (bicyclic) bond motifs is 1. The molecule has 0 saturated carbocycles. The van der Waals surface area contributed by atoms with Crippen molar-refractivity contribution in [1.82, 2.24) is 4.90 Å². The normalized spacial score (nSPS) is 24.7. The van der Waals surface area contributed by atoms with Crippen LogP contribution < -0.4 is 5.73 Å². The van der Waals surface area contributed by atoms with Crippen molar-refractivity contribution in [1.29, 1.82) is 0 Å². The molecule has 6 nitrogen and oxygen atoms in total. The van der Waals surface area contributed by atoms with Crippen LogP contribution in [0.1, 0.15) is 27.9 Å². The molecule has 1 aromatic rings. The second-order valence-corrected chi connectivity index (χ2v) is 5.68. The van der Waals surface area contributed by atoms with Crippen molar-refractivity contribution in [3.63, 3.8) is 0 Å². The molecular weight excluding hydrogens is 272 g/mol. The fraction of sp³-hybridized carbons (Fsp3) is 0.467. The zero-order valence-electron chi connectivity index (χ0n) is 11.7. The van der Waals surface area contributed by atoms with Gasteiger partial charge in [0.2, 0.25) is 5.91 Å². The van der Waals surface area contributed by atoms with Gasteiger partial charge < -0.3 is 20.5 Å². The number of carboxylic acid groups (broad SMARTS) is 1. The zero-order valence-corrected chi connectivity index (χ0v) is 11.7. The number of aromatic carboxylic acids is 1. The van der Waals surface area contributed by atoms with E-state index in [1.165, 1.54) is 0 Å². The van der Waals surface area contributed by atoms with Gasteiger partial charge in [0.05, 0.1) is 12.2 Å². The quantitative estimate of drug-likeness (QED) is 0.822. The maximum atomic E-state index is 12.6. The number of carboxylic acids is 1. The van der Waals surface area contributed by atoms with Crippen LogP contribution in [-0.4, -0.2) is 47.2 Å². The predicted octanol–water partition coefficient (Wildman–Crippen LogP) is 0.387. The number of nitrogens with zero attached hydrogens (tertiary/aromatic N) is 1. The summed E-state index contributed by atoms with van der Waals surface area (Å²) in [7, 11) is 0. The number of carbonyl (C=O) groups is 2. The Morgan fingerprint density at radius 3 is 2.86 bits per heavy atom. The van der Waals surface area contributed by atoms with Crippen LogP contribution in [-0.2, 0) is 22.5 Å². The lowest BCUT2D eigenvalue weighted by Gasteiger charge is -2.34. The Kier molecular flexibility index (Phi) is 3.43. The lowest BCUT2D eigenvalue weighted by atomic mass is 9.92. The molecule has 1 fully saturated rings. The zero-order chi connectivity index (χ0) is 15.0. The Bertz CT molecular complexity index is 593. The lowest BCUT2D eigenvalue weighted by molar-refractivity contribution is -0.138. The molecule has 2 aliphatic heterocycles. The summed E-state index contributed by atoms with van der Waals surface area (Å²) in [6.45, 7) is 1.67. The van der Waals surface area contributed by atoms with Crippen molar-refractivity contribution in [3.8, 4) is 0 Å². The van der Waals surface area contributed by atoms with Crippen LogP contribution in [0.3, 0.4) is 0 Å². The molecular formula is C15H18N2O4. The van der Waals surface area contributed by atoms with E-state index >= 15 is 0 Å². The van der Waals surface area contributed by atoms with E-state index in [0.29, 0.717) is 38.1 Å². The fourth-order valence-corrected chi connectivity index (χ4v) is 3.05. The van der Waals surface area contributed by atoms with E-state index in [1.807, 2.05) is 6.07 Å². The average molecular weight is 290 g/mol. The van der Waals surface area contributed by atoms with Crippen molar-refractivity contribution < 1.29 is 19.4 Å². The number of carbonyl (C=O) groups excluding carboxylic acids is 1. The van der Waals surface area contributed by atoms with Crippen molar-refractivity contribution >= 4 is 11.9 Å². The standard InChI is InChI=1S/C15H18N2O4/c16-15(5-7-21-9-15)14(20)17-6-4-11-10(8-17)2-1-3-12(11)13(18)19/h1-3H,4-9,16H2,(H,18,19). The predicted molar refractivity (Wildman–Crippen MR) is 74.9 cm³/mol. The molecule has 21 heavy (non-hydrogen) atoms. The average Bonchev–Trinajstić information content (AvgIpc) is 2.93. The summed E-state index contributed by atoms with van der Waals surface area (Å²) in [4.78, 5) is 25.5. The van der Waals surface area contributed by atoms with Crippen LogP contribution >= 0.6 is 0 Å². The molecule has 2 aliphatic rings. The number of benzene rings is 1. The van der Waals surface area contributed by atoms with Crippen LogP contribution in [0, 0.1) is 0 Å². The molecule has 0 spiro atoms. The van der Waals surface area contributed by atoms with Gasteiger partial charge >= 0.3 is 5.97 Å². The summed E-state index contributed by atoms with van der Waals surface area (Å²) in [5.74, 6) is -1.03. The van der Waals surface area contributed by atoms with Crippen LogP contribution in [0.5, 0.6) is 0 Å². The van der Waals surface area contributed by atoms with Gasteiger partial charge in [-0.05, 0) is 30.0 Å². The number of amides is 1. The van der Waals surface area contributed by atoms with Gasteiger partial charge in [0, 0.05) is 19.7 Å². The van der Waals surface area contributed by atoms with E-state index in [0.717, 1.165) is 11.1 Å². The van der Waals surface area contributed by atoms with E-state index in [1.54, 1.807) is 17.0 Å². The molecule has 0 aliphatic carbocycles. The third kappa shape index (κ3) is 2.41. The van der Waals surface area contributed by atoms with Gasteiger partial charge in [-0.25, -0.2) is 4.79 Å². The summed E-state index contributed by atoms with van der Waals surface area (Å²) in [6.07, 6.45) is 1.07. The van der Waals surface area contributed by atoms with E-state index < -0.39 is 11.5 Å². The summed E-state index contributed by atoms with van der Waals surface area (Å²) in [5.41, 5.74) is 7.23. The molecule has 0 aromatic heterocycles. The van der Waals surface area contributed by atoms with Gasteiger partial charge in [-0.2, -0.15) is 0 Å². The van der Waals surface area contributed by atoms with E-state index in [-0.39, 0.29) is 12.5 Å². The van der Waals surface area contributed by atoms with Gasteiger partial charge in [-0.3, -0.25) is 4.79 Å². The van der Waals surface area contributed by atoms with E-state index in [4.69, 9.17) is 10.5 Å². The molecule has 2 heterocycles. The number of ether oxygens (including phenoxy) is 1. The molecule has 3 N–H and O–H groups in total. The Labute approximate surface area is 122 Å². The third-order valence-corrected chi connectivity index (χ3v) is 4.26. The van der Waals surface area contributed by atoms with Crippen LogP contribution in [0.25, 0.3) is 0 Å². The first kappa shape index (κ1) is 14.0. The number of hydrogen-bond donors (Lipinski definition) is 2. The minimum atomic E-state index is -0.929. The Morgan fingerprint density at radius 1 is 1.38 bits per heavy atom. The number of nitrogens with two attached hydrogens (primary N) is 1. The summed E-state index contributed by atoms with van der Waals surface area (Å²) < 4.78 is 5.24. The minimum Gasteiger partial charge on any atom is -0.478 e. The van der Waals surface area contributed by atoms with Gasteiger partial charge in [0.1, 0.15) is 5.54 Å². The third-order valence-electron chi connectivity index (χ3n) is 4.26. The first-order valence-electron chi connectivity index (χ1n) is 7.01. The number of rotatable bonds is 2. The second-order valence-electron chi connectivity index (χ2n) is 5.68. The molecule has 1 atom stereocenters. The van der Waals surface area contributed by atoms with Gasteiger partial charge in [-0.15, -0.1) is 0 Å². The Hall–Kier alpha value is -1.92. The monoisotopic (exact) mass is 290 g/mol. The second kappa shape index (κ2) is 5.13. The molecule has 6 heteroatoms. The fourth-order valence-electron chi connectivity index (χ4n) is 3.05. The van der Waals surface area contributed by atoms with Gasteiger partial charge in [-0.1, -0.05) is 12.1 Å². The highest BCUT2D eigenvalue weighted by Crippen LogP contribution is 2.26. The van der Waals surface area contributed by atoms with Gasteiger partial charge in [0.25, 0.3) is 0 Å². The molecule has 0 bridgehead atoms. The van der Waals surface area contributed by atoms with Gasteiger partial charge in [0.15, 0.2) is 0 Å². The van der Waals surface area contributed by atoms with Crippen LogP contribution in [0.4, 0.5) is 0 Å². The van der Waals surface area contributed by atoms with E-state index in [2.05, 4.69) is 0 Å². The largest absolute Gasteiger partial charge is 0.478 e. The van der Waals surface area contributed by atoms with Crippen molar-refractivity contribution in [3.05, 3.63) is 34.9 Å². The molecule has 1 saturated heterocycles. The lowest BCUT2D eigenvalue weighted by Crippen LogP contribution is -2.56. The van der Waals surface area contributed by atoms with Crippen LogP contribution in [0.15, 0.2) is 18.2 Å². The number of hydrogen-bond acceptors (Lipinski definition) is 4. The minimum absolute atomic E-state index is 0.105. The Morgan fingerprint density at radius 2 is 2.19 bits per heavy atom. The van der Waals surface area contributed by atoms with Crippen molar-refractivity contribution in [2.75, 3.05) is 19.8 Å².